The van der Waals surface area contributed by atoms with Gasteiger partial charge in [0.05, 0.1) is 5.97 Å². The van der Waals surface area contributed by atoms with Crippen LogP contribution in [-0.4, -0.2) is 35.0 Å². The summed E-state index contributed by atoms with van der Waals surface area (Å²) in [7, 11) is 0. The first-order valence-corrected chi connectivity index (χ1v) is 5.87. The van der Waals surface area contributed by atoms with Gasteiger partial charge in [-0.1, -0.05) is 34.8 Å². The van der Waals surface area contributed by atoms with Crippen LogP contribution in [0.25, 0.3) is 0 Å². The number of hydrogen-bond acceptors (Lipinski definition) is 4. The highest BCUT2D eigenvalue weighted by Crippen LogP contribution is 2.25. The molecule has 4 N–H and O–H groups in total. The van der Waals surface area contributed by atoms with Crippen LogP contribution in [0.4, 0.5) is 4.79 Å². The second-order valence-electron chi connectivity index (χ2n) is 3.28. The van der Waals surface area contributed by atoms with Gasteiger partial charge in [0.1, 0.15) is 12.6 Å². The van der Waals surface area contributed by atoms with Gasteiger partial charge in [0.25, 0.3) is 0 Å². The van der Waals surface area contributed by atoms with Crippen molar-refractivity contribution in [2.75, 3.05) is 13.2 Å². The van der Waals surface area contributed by atoms with Crippen molar-refractivity contribution in [1.29, 1.82) is 0 Å². The van der Waals surface area contributed by atoms with E-state index in [1.807, 2.05) is 0 Å². The molecule has 0 fully saturated rings. The van der Waals surface area contributed by atoms with Crippen molar-refractivity contribution in [2.24, 2.45) is 0 Å². The molecule has 0 aromatic heterocycles. The summed E-state index contributed by atoms with van der Waals surface area (Å²) < 4.78 is 2.92. The Labute approximate surface area is 113 Å². The van der Waals surface area contributed by atoms with E-state index in [1.54, 1.807) is 0 Å². The molecule has 0 bridgehead atoms. The first kappa shape index (κ1) is 16.6. The lowest BCUT2D eigenvalue weighted by molar-refractivity contribution is -0.438. The Morgan fingerprint density at radius 3 is 2.47 bits per heavy atom. The number of carbonyl (C=O) groups is 2. The van der Waals surface area contributed by atoms with Crippen LogP contribution in [0, 0.1) is 0 Å². The van der Waals surface area contributed by atoms with Crippen LogP contribution in [0.1, 0.15) is 12.8 Å². The van der Waals surface area contributed by atoms with Crippen LogP contribution < -0.4 is 16.2 Å². The second-order valence-corrected chi connectivity index (χ2v) is 5.79. The SMILES string of the molecule is [NH3+][C@@H](CCCNC(=O)OCC(Cl)(Cl)Cl)C(=O)[O-]. The number of alkyl halides is 3. The van der Waals surface area contributed by atoms with Gasteiger partial charge in [-0.2, -0.15) is 0 Å². The molecular formula is C8H13Cl3N2O4. The minimum absolute atomic E-state index is 0.248. The number of carboxylic acids is 1. The third-order valence-electron chi connectivity index (χ3n) is 1.70. The molecule has 0 saturated heterocycles. The number of aliphatic carboxylic acids is 1. The third-order valence-corrected chi connectivity index (χ3v) is 2.03. The fourth-order valence-electron chi connectivity index (χ4n) is 0.855. The molecule has 6 nitrogen and oxygen atoms in total. The minimum Gasteiger partial charge on any atom is -0.544 e. The zero-order valence-corrected chi connectivity index (χ0v) is 11.1. The molecule has 0 aliphatic heterocycles. The number of hydrogen-bond donors (Lipinski definition) is 2. The monoisotopic (exact) mass is 306 g/mol. The molecule has 9 heteroatoms. The maximum Gasteiger partial charge on any atom is 0.407 e. The number of halogens is 3. The van der Waals surface area contributed by atoms with E-state index in [4.69, 9.17) is 34.8 Å². The molecule has 0 spiro atoms. The molecule has 0 heterocycles. The van der Waals surface area contributed by atoms with Crippen molar-refractivity contribution in [3.8, 4) is 0 Å². The summed E-state index contributed by atoms with van der Waals surface area (Å²) >= 11 is 16.1. The summed E-state index contributed by atoms with van der Waals surface area (Å²) in [4.78, 5) is 21.3. The minimum atomic E-state index is -1.65. The molecule has 0 rings (SSSR count). The van der Waals surface area contributed by atoms with Crippen molar-refractivity contribution >= 4 is 46.9 Å². The highest BCUT2D eigenvalue weighted by molar-refractivity contribution is 6.67. The molecule has 0 saturated carbocycles. The van der Waals surface area contributed by atoms with Crippen LogP contribution in [-0.2, 0) is 9.53 Å². The molecule has 1 amide bonds. The predicted octanol–water partition coefficient (Wildman–Crippen LogP) is -0.777. The average molecular weight is 308 g/mol. The van der Waals surface area contributed by atoms with E-state index in [1.165, 1.54) is 0 Å². The smallest absolute Gasteiger partial charge is 0.407 e. The number of quaternary nitrogens is 1. The lowest BCUT2D eigenvalue weighted by atomic mass is 10.2. The summed E-state index contributed by atoms with van der Waals surface area (Å²) in [5, 5.41) is 12.7. The van der Waals surface area contributed by atoms with Gasteiger partial charge < -0.3 is 25.7 Å². The van der Waals surface area contributed by atoms with Gasteiger partial charge in [-0.3, -0.25) is 0 Å². The molecule has 17 heavy (non-hydrogen) atoms. The highest BCUT2D eigenvalue weighted by Gasteiger charge is 2.21. The highest BCUT2D eigenvalue weighted by atomic mass is 35.6. The number of rotatable bonds is 6. The lowest BCUT2D eigenvalue weighted by Crippen LogP contribution is -2.68. The third kappa shape index (κ3) is 10.4. The Hall–Kier alpha value is -0.430. The van der Waals surface area contributed by atoms with Crippen LogP contribution in [0.5, 0.6) is 0 Å². The summed E-state index contributed by atoms with van der Waals surface area (Å²) in [5.74, 6) is -1.22. The Balaban J connectivity index is 3.56. The molecule has 0 radical (unpaired) electrons. The maximum atomic E-state index is 11.0. The number of ether oxygens (including phenoxy) is 1. The van der Waals surface area contributed by atoms with Crippen LogP contribution in [0.2, 0.25) is 0 Å². The summed E-state index contributed by atoms with van der Waals surface area (Å²) in [6.45, 7) is -0.113. The van der Waals surface area contributed by atoms with Gasteiger partial charge in [0, 0.05) is 13.0 Å². The second kappa shape index (κ2) is 7.81. The quantitative estimate of drug-likeness (QED) is 0.496. The zero-order valence-electron chi connectivity index (χ0n) is 8.88. The van der Waals surface area contributed by atoms with Gasteiger partial charge in [-0.15, -0.1) is 0 Å². The Morgan fingerprint density at radius 1 is 1.41 bits per heavy atom. The Bertz CT molecular complexity index is 270. The van der Waals surface area contributed by atoms with Gasteiger partial charge in [0.2, 0.25) is 3.79 Å². The Morgan fingerprint density at radius 2 is 2.00 bits per heavy atom. The molecule has 0 aliphatic carbocycles. The fraction of sp³-hybridized carbons (Fsp3) is 0.750. The Kier molecular flexibility index (Phi) is 7.61. The molecular weight excluding hydrogens is 294 g/mol. The molecule has 100 valence electrons. The van der Waals surface area contributed by atoms with Crippen LogP contribution >= 0.6 is 34.8 Å². The van der Waals surface area contributed by atoms with E-state index in [9.17, 15) is 14.7 Å². The van der Waals surface area contributed by atoms with E-state index in [2.05, 4.69) is 15.8 Å². The molecule has 0 aromatic rings. The van der Waals surface area contributed by atoms with E-state index in [0.29, 0.717) is 12.8 Å². The average Bonchev–Trinajstić information content (AvgIpc) is 2.20. The largest absolute Gasteiger partial charge is 0.544 e. The van der Waals surface area contributed by atoms with Crippen molar-refractivity contribution in [3.05, 3.63) is 0 Å². The predicted molar refractivity (Wildman–Crippen MR) is 60.6 cm³/mol. The van der Waals surface area contributed by atoms with Crippen LogP contribution in [0.3, 0.4) is 0 Å². The van der Waals surface area contributed by atoms with Gasteiger partial charge in [-0.25, -0.2) is 4.79 Å². The maximum absolute atomic E-state index is 11.0. The molecule has 0 aromatic carbocycles. The molecule has 0 aliphatic rings. The standard InChI is InChI=1S/C8H13Cl3N2O4/c9-8(10,11)4-17-7(16)13-3-1-2-5(12)6(14)15/h5H,1-4,12H2,(H,13,16)(H,14,15)/t5-/m0/s1. The summed E-state index contributed by atoms with van der Waals surface area (Å²) in [6.07, 6.45) is 0.00309. The zero-order chi connectivity index (χ0) is 13.5. The van der Waals surface area contributed by atoms with Crippen molar-refractivity contribution in [1.82, 2.24) is 5.32 Å². The van der Waals surface area contributed by atoms with Gasteiger partial charge in [-0.05, 0) is 6.42 Å². The number of nitrogens with one attached hydrogen (secondary N) is 1. The van der Waals surface area contributed by atoms with E-state index < -0.39 is 21.9 Å². The molecule has 0 unspecified atom stereocenters. The summed E-state index contributed by atoms with van der Waals surface area (Å²) in [5.41, 5.74) is 3.36. The number of carbonyl (C=O) groups excluding carboxylic acids is 2. The van der Waals surface area contributed by atoms with E-state index >= 15 is 0 Å². The number of alkyl carbamates (subject to hydrolysis) is 1. The first-order chi connectivity index (χ1) is 7.72. The fourth-order valence-corrected chi connectivity index (χ4v) is 1.02. The van der Waals surface area contributed by atoms with Gasteiger partial charge in [0.15, 0.2) is 0 Å². The van der Waals surface area contributed by atoms with E-state index in [0.717, 1.165) is 0 Å². The van der Waals surface area contributed by atoms with Crippen LogP contribution in [0.15, 0.2) is 0 Å². The number of amides is 1. The number of carboxylic acid groups (broad SMARTS) is 1. The van der Waals surface area contributed by atoms with Crippen molar-refractivity contribution in [3.63, 3.8) is 0 Å². The summed E-state index contributed by atoms with van der Waals surface area (Å²) in [6, 6.07) is -0.797. The van der Waals surface area contributed by atoms with Crippen molar-refractivity contribution in [2.45, 2.75) is 22.7 Å². The normalized spacial score (nSPS) is 12.9. The molecule has 1 atom stereocenters. The van der Waals surface area contributed by atoms with Gasteiger partial charge >= 0.3 is 6.09 Å². The first-order valence-electron chi connectivity index (χ1n) is 4.73. The van der Waals surface area contributed by atoms with E-state index in [-0.39, 0.29) is 13.2 Å². The van der Waals surface area contributed by atoms with Crippen molar-refractivity contribution < 1.29 is 25.2 Å². The topological polar surface area (TPSA) is 106 Å². The lowest BCUT2D eigenvalue weighted by Gasteiger charge is -2.12.